The topological polar surface area (TPSA) is 128 Å². The normalized spacial score (nSPS) is 35.1. The minimum atomic E-state index is -5.04. The second-order valence-electron chi connectivity index (χ2n) is 5.31. The lowest BCUT2D eigenvalue weighted by molar-refractivity contribution is -0.123. The number of nitrogens with zero attached hydrogens (tertiary/aromatic N) is 2. The van der Waals surface area contributed by atoms with Crippen molar-refractivity contribution in [2.24, 2.45) is 5.92 Å². The zero-order valence-electron chi connectivity index (χ0n) is 11.1. The lowest BCUT2D eigenvalue weighted by Crippen LogP contribution is -2.48. The summed E-state index contributed by atoms with van der Waals surface area (Å²) in [5.74, 6) is -0.510. The van der Waals surface area contributed by atoms with Crippen molar-refractivity contribution >= 4 is 22.3 Å². The molecule has 118 valence electrons. The first-order valence-electron chi connectivity index (χ1n) is 6.36. The van der Waals surface area contributed by atoms with Crippen LogP contribution in [0.15, 0.2) is 0 Å². The lowest BCUT2D eigenvalue weighted by Gasteiger charge is -2.32. The smallest absolute Gasteiger partial charge is 0.346 e. The van der Waals surface area contributed by atoms with Crippen LogP contribution in [0.2, 0.25) is 0 Å². The quantitative estimate of drug-likeness (QED) is 0.469. The summed E-state index contributed by atoms with van der Waals surface area (Å²) in [6.07, 6.45) is 0.356. The molecule has 3 fully saturated rings. The summed E-state index contributed by atoms with van der Waals surface area (Å²) >= 11 is 0. The summed E-state index contributed by atoms with van der Waals surface area (Å²) in [5.41, 5.74) is 0. The molecule has 3 rings (SSSR count). The molecule has 3 aliphatic rings. The van der Waals surface area contributed by atoms with Crippen molar-refractivity contribution in [3.8, 4) is 0 Å². The molecule has 3 amide bonds. The molecule has 0 aromatic carbocycles. The van der Waals surface area contributed by atoms with Gasteiger partial charge in [0.25, 0.3) is 0 Å². The van der Waals surface area contributed by atoms with Crippen LogP contribution < -0.4 is 5.32 Å². The van der Waals surface area contributed by atoms with Crippen molar-refractivity contribution in [3.63, 3.8) is 0 Å². The number of urea groups is 1. The van der Waals surface area contributed by atoms with E-state index in [1.165, 1.54) is 12.0 Å². The van der Waals surface area contributed by atoms with Crippen LogP contribution in [0.25, 0.3) is 0 Å². The molecule has 4 atom stereocenters. The van der Waals surface area contributed by atoms with Crippen LogP contribution in [0.5, 0.6) is 0 Å². The number of amides is 3. The number of hydrogen-bond donors (Lipinski definition) is 1. The Morgan fingerprint density at radius 2 is 2.14 bits per heavy atom. The Kier molecular flexibility index (Phi) is 3.31. The molecule has 0 aromatic rings. The third-order valence-corrected chi connectivity index (χ3v) is 4.43. The summed E-state index contributed by atoms with van der Waals surface area (Å²) in [7, 11) is -3.54. The Bertz CT molecular complexity index is 579. The Balaban J connectivity index is 1.85. The van der Waals surface area contributed by atoms with Gasteiger partial charge in [0.15, 0.2) is 0 Å². The minimum absolute atomic E-state index is 0.155. The van der Waals surface area contributed by atoms with Crippen LogP contribution in [0.1, 0.15) is 6.42 Å². The Labute approximate surface area is 120 Å². The molecule has 2 bridgehead atoms. The molecule has 11 heteroatoms. The Hall–Kier alpha value is -1.43. The predicted octanol–water partition coefficient (Wildman–Crippen LogP) is -1.98. The van der Waals surface area contributed by atoms with Gasteiger partial charge in [0.1, 0.15) is 6.04 Å². The van der Waals surface area contributed by atoms with Gasteiger partial charge in [-0.25, -0.2) is 13.2 Å². The molecule has 0 aromatic heterocycles. The average Bonchev–Trinajstić information content (AvgIpc) is 2.81. The number of carbonyl (C=O) groups excluding carboxylic acids is 2. The molecule has 0 saturated carbocycles. The highest BCUT2D eigenvalue weighted by Gasteiger charge is 2.57. The van der Waals surface area contributed by atoms with Gasteiger partial charge in [0.2, 0.25) is 16.3 Å². The van der Waals surface area contributed by atoms with Crippen molar-refractivity contribution in [2.45, 2.75) is 24.5 Å². The van der Waals surface area contributed by atoms with Crippen molar-refractivity contribution in [1.82, 2.24) is 15.3 Å². The second-order valence-corrected chi connectivity index (χ2v) is 6.28. The van der Waals surface area contributed by atoms with E-state index in [0.29, 0.717) is 18.1 Å². The van der Waals surface area contributed by atoms with Gasteiger partial charge in [-0.15, -0.1) is 0 Å². The van der Waals surface area contributed by atoms with Gasteiger partial charge in [0.05, 0.1) is 18.7 Å². The van der Waals surface area contributed by atoms with E-state index in [2.05, 4.69) is 9.60 Å². The highest BCUT2D eigenvalue weighted by Crippen LogP contribution is 2.38. The summed E-state index contributed by atoms with van der Waals surface area (Å²) in [4.78, 5) is 25.4. The third-order valence-electron chi connectivity index (χ3n) is 4.09. The fraction of sp³-hybridized carbons (Fsp3) is 0.800. The summed E-state index contributed by atoms with van der Waals surface area (Å²) in [5, 5.41) is 3.34. The maximum Gasteiger partial charge on any atom is 0.346 e. The van der Waals surface area contributed by atoms with Gasteiger partial charge in [-0.05, 0) is 6.42 Å². The Morgan fingerprint density at radius 1 is 1.43 bits per heavy atom. The SMILES string of the molecule is COC[C@@H]1NC(=O)[C@@H]2[C@H]1C[C@@H]1CN2C(=O)N1OS(=O)(=O)[O-]. The number of rotatable bonds is 4. The number of fused-ring (bicyclic) bond motifs is 4. The zero-order chi connectivity index (χ0) is 15.4. The average molecular weight is 320 g/mol. The molecule has 3 heterocycles. The van der Waals surface area contributed by atoms with Crippen LogP contribution in [0.3, 0.4) is 0 Å². The van der Waals surface area contributed by atoms with Crippen molar-refractivity contribution in [1.29, 1.82) is 0 Å². The number of methoxy groups -OCH3 is 1. The third kappa shape index (κ3) is 2.35. The predicted molar refractivity (Wildman–Crippen MR) is 64.2 cm³/mol. The van der Waals surface area contributed by atoms with Crippen LogP contribution in [-0.4, -0.2) is 73.3 Å². The molecule has 0 unspecified atom stereocenters. The van der Waals surface area contributed by atoms with Gasteiger partial charge >= 0.3 is 6.03 Å². The molecule has 21 heavy (non-hydrogen) atoms. The van der Waals surface area contributed by atoms with E-state index in [4.69, 9.17) is 4.74 Å². The van der Waals surface area contributed by atoms with E-state index in [9.17, 15) is 22.6 Å². The zero-order valence-corrected chi connectivity index (χ0v) is 11.9. The molecular weight excluding hydrogens is 306 g/mol. The minimum Gasteiger partial charge on any atom is -0.724 e. The number of piperidine rings is 1. The van der Waals surface area contributed by atoms with Crippen LogP contribution in [0, 0.1) is 5.92 Å². The number of carbonyl (C=O) groups is 2. The van der Waals surface area contributed by atoms with E-state index >= 15 is 0 Å². The molecular formula is C10H14N3O7S-. The summed E-state index contributed by atoms with van der Waals surface area (Å²) in [6.45, 7) is 0.449. The van der Waals surface area contributed by atoms with E-state index in [1.807, 2.05) is 0 Å². The fourth-order valence-electron chi connectivity index (χ4n) is 3.37. The van der Waals surface area contributed by atoms with Crippen molar-refractivity contribution < 1.29 is 31.6 Å². The molecule has 0 spiro atoms. The van der Waals surface area contributed by atoms with E-state index < -0.39 is 28.5 Å². The van der Waals surface area contributed by atoms with Crippen molar-refractivity contribution in [3.05, 3.63) is 0 Å². The first-order valence-corrected chi connectivity index (χ1v) is 7.69. The van der Waals surface area contributed by atoms with E-state index in [1.54, 1.807) is 0 Å². The summed E-state index contributed by atoms with van der Waals surface area (Å²) < 4.78 is 41.4. The Morgan fingerprint density at radius 3 is 2.76 bits per heavy atom. The maximum absolute atomic E-state index is 12.1. The molecule has 0 aliphatic carbocycles. The molecule has 3 aliphatic heterocycles. The van der Waals surface area contributed by atoms with E-state index in [-0.39, 0.29) is 24.4 Å². The number of nitrogens with one attached hydrogen (secondary N) is 1. The highest BCUT2D eigenvalue weighted by molar-refractivity contribution is 7.80. The number of hydroxylamine groups is 2. The first-order chi connectivity index (χ1) is 9.81. The largest absolute Gasteiger partial charge is 0.724 e. The fourth-order valence-corrected chi connectivity index (χ4v) is 3.75. The number of hydrogen-bond acceptors (Lipinski definition) is 7. The second kappa shape index (κ2) is 4.80. The van der Waals surface area contributed by atoms with Gasteiger partial charge < -0.3 is 19.5 Å². The highest BCUT2D eigenvalue weighted by atomic mass is 32.3. The lowest BCUT2D eigenvalue weighted by atomic mass is 9.86. The molecule has 1 N–H and O–H groups in total. The molecule has 0 radical (unpaired) electrons. The number of ether oxygens (including phenoxy) is 1. The molecule has 3 saturated heterocycles. The van der Waals surface area contributed by atoms with Gasteiger partial charge in [-0.2, -0.15) is 9.35 Å². The standard InChI is InChI=1S/C10H15N3O7S/c1-19-4-7-6-2-5-3-12(8(6)9(14)11-7)10(15)13(5)20-21(16,17)18/h5-8H,2-4H2,1H3,(H,11,14)(H,16,17,18)/p-1/t5-,6+,7+,8+/m1/s1. The van der Waals surface area contributed by atoms with Crippen LogP contribution in [-0.2, 0) is 24.2 Å². The van der Waals surface area contributed by atoms with Crippen LogP contribution >= 0.6 is 0 Å². The van der Waals surface area contributed by atoms with Gasteiger partial charge in [-0.1, -0.05) is 0 Å². The van der Waals surface area contributed by atoms with E-state index in [0.717, 1.165) is 0 Å². The van der Waals surface area contributed by atoms with Gasteiger partial charge in [0, 0.05) is 19.6 Å². The first kappa shape index (κ1) is 14.5. The molecule has 10 nitrogen and oxygen atoms in total. The maximum atomic E-state index is 12.1. The monoisotopic (exact) mass is 320 g/mol. The van der Waals surface area contributed by atoms with Crippen molar-refractivity contribution in [2.75, 3.05) is 20.3 Å². The van der Waals surface area contributed by atoms with Crippen LogP contribution in [0.4, 0.5) is 4.79 Å². The van der Waals surface area contributed by atoms with Gasteiger partial charge in [-0.3, -0.25) is 4.79 Å². The summed E-state index contributed by atoms with van der Waals surface area (Å²) in [6, 6.07) is -2.29.